The van der Waals surface area contributed by atoms with Crippen molar-refractivity contribution in [2.24, 2.45) is 5.73 Å². The Labute approximate surface area is 133 Å². The van der Waals surface area contributed by atoms with E-state index in [1.807, 2.05) is 0 Å². The molecule has 0 unspecified atom stereocenters. The van der Waals surface area contributed by atoms with Gasteiger partial charge in [-0.3, -0.25) is 4.79 Å². The van der Waals surface area contributed by atoms with Crippen LogP contribution in [0.15, 0.2) is 16.3 Å². The molecular formula is C12H17N3O3S3. The molecule has 2 rings (SSSR count). The third kappa shape index (κ3) is 3.60. The van der Waals surface area contributed by atoms with E-state index in [0.717, 1.165) is 11.3 Å². The lowest BCUT2D eigenvalue weighted by Gasteiger charge is -2.20. The second-order valence-electron chi connectivity index (χ2n) is 4.75. The van der Waals surface area contributed by atoms with Gasteiger partial charge in [-0.25, -0.2) is 8.42 Å². The lowest BCUT2D eigenvalue weighted by Crippen LogP contribution is -2.36. The molecule has 0 bridgehead atoms. The standard InChI is InChI=1S/C12H17N3O3S3/c1-9(16)14-5-2-6-15(8-7-14)21(17,18)11-4-3-10(20-11)12(13)19/h3-4H,2,5-8H2,1H3,(H2,13,19). The van der Waals surface area contributed by atoms with Crippen molar-refractivity contribution in [2.75, 3.05) is 26.2 Å². The third-order valence-corrected chi connectivity index (χ3v) is 7.15. The number of sulfonamides is 1. The summed E-state index contributed by atoms with van der Waals surface area (Å²) in [5.41, 5.74) is 5.51. The predicted octanol–water partition coefficient (Wildman–Crippen LogP) is 0.625. The van der Waals surface area contributed by atoms with Crippen molar-refractivity contribution in [1.29, 1.82) is 0 Å². The Morgan fingerprint density at radius 1 is 1.29 bits per heavy atom. The number of thiophene rings is 1. The van der Waals surface area contributed by atoms with E-state index in [1.54, 1.807) is 11.0 Å². The molecule has 0 radical (unpaired) electrons. The Morgan fingerprint density at radius 3 is 2.57 bits per heavy atom. The molecule has 1 saturated heterocycles. The Morgan fingerprint density at radius 2 is 2.00 bits per heavy atom. The molecule has 0 aromatic carbocycles. The van der Waals surface area contributed by atoms with Crippen molar-refractivity contribution in [3.8, 4) is 0 Å². The zero-order valence-electron chi connectivity index (χ0n) is 11.6. The lowest BCUT2D eigenvalue weighted by atomic mass is 10.4. The molecule has 2 N–H and O–H groups in total. The smallest absolute Gasteiger partial charge is 0.252 e. The maximum atomic E-state index is 12.6. The zero-order valence-corrected chi connectivity index (χ0v) is 14.1. The van der Waals surface area contributed by atoms with E-state index in [2.05, 4.69) is 0 Å². The fraction of sp³-hybridized carbons (Fsp3) is 0.500. The fourth-order valence-electron chi connectivity index (χ4n) is 2.17. The molecule has 0 atom stereocenters. The van der Waals surface area contributed by atoms with Gasteiger partial charge in [0.15, 0.2) is 0 Å². The summed E-state index contributed by atoms with van der Waals surface area (Å²) < 4.78 is 26.9. The number of nitrogens with zero attached hydrogens (tertiary/aromatic N) is 2. The molecule has 9 heteroatoms. The molecule has 1 aliphatic heterocycles. The first-order valence-corrected chi connectivity index (χ1v) is 9.14. The van der Waals surface area contributed by atoms with E-state index in [-0.39, 0.29) is 15.1 Å². The van der Waals surface area contributed by atoms with Gasteiger partial charge in [-0.15, -0.1) is 11.3 Å². The van der Waals surface area contributed by atoms with Crippen molar-refractivity contribution in [2.45, 2.75) is 17.6 Å². The van der Waals surface area contributed by atoms with Crippen molar-refractivity contribution >= 4 is 44.5 Å². The number of carbonyl (C=O) groups is 1. The van der Waals surface area contributed by atoms with Crippen LogP contribution in [0, 0.1) is 0 Å². The minimum Gasteiger partial charge on any atom is -0.389 e. The van der Waals surface area contributed by atoms with Crippen LogP contribution in [0.25, 0.3) is 0 Å². The summed E-state index contributed by atoms with van der Waals surface area (Å²) >= 11 is 5.94. The Bertz CT molecular complexity index is 654. The molecule has 6 nitrogen and oxygen atoms in total. The van der Waals surface area contributed by atoms with Gasteiger partial charge in [-0.1, -0.05) is 12.2 Å². The van der Waals surface area contributed by atoms with Gasteiger partial charge in [0.05, 0.1) is 4.88 Å². The second-order valence-corrected chi connectivity index (χ2v) is 8.44. The molecule has 0 aliphatic carbocycles. The molecule has 2 heterocycles. The SMILES string of the molecule is CC(=O)N1CCCN(S(=O)(=O)c2ccc(C(N)=S)s2)CC1. The molecule has 0 spiro atoms. The summed E-state index contributed by atoms with van der Waals surface area (Å²) in [6, 6.07) is 3.15. The average molecular weight is 347 g/mol. The first-order chi connectivity index (χ1) is 9.82. The van der Waals surface area contributed by atoms with E-state index in [1.165, 1.54) is 17.3 Å². The lowest BCUT2D eigenvalue weighted by molar-refractivity contribution is -0.128. The van der Waals surface area contributed by atoms with Gasteiger partial charge >= 0.3 is 0 Å². The van der Waals surface area contributed by atoms with Gasteiger partial charge in [0, 0.05) is 33.1 Å². The molecule has 1 aliphatic rings. The number of nitrogens with two attached hydrogens (primary N) is 1. The van der Waals surface area contributed by atoms with Crippen LogP contribution in [-0.4, -0.2) is 54.7 Å². The molecule has 0 saturated carbocycles. The minimum atomic E-state index is -3.55. The summed E-state index contributed by atoms with van der Waals surface area (Å²) in [6.07, 6.45) is 0.631. The molecule has 1 fully saturated rings. The molecule has 1 aromatic rings. The van der Waals surface area contributed by atoms with Gasteiger partial charge < -0.3 is 10.6 Å². The van der Waals surface area contributed by atoms with Crippen molar-refractivity contribution in [3.63, 3.8) is 0 Å². The van der Waals surface area contributed by atoms with Crippen LogP contribution in [0.3, 0.4) is 0 Å². The number of carbonyl (C=O) groups excluding carboxylic acids is 1. The van der Waals surface area contributed by atoms with Gasteiger partial charge in [-0.05, 0) is 18.6 Å². The topological polar surface area (TPSA) is 83.7 Å². The quantitative estimate of drug-likeness (QED) is 0.811. The normalized spacial score (nSPS) is 17.5. The first kappa shape index (κ1) is 16.3. The molecule has 116 valence electrons. The molecular weight excluding hydrogens is 330 g/mol. The average Bonchev–Trinajstić information content (AvgIpc) is 2.77. The highest BCUT2D eigenvalue weighted by Gasteiger charge is 2.28. The van der Waals surface area contributed by atoms with Gasteiger partial charge in [0.25, 0.3) is 10.0 Å². The van der Waals surface area contributed by atoms with Gasteiger partial charge in [0.2, 0.25) is 5.91 Å². The third-order valence-electron chi connectivity index (χ3n) is 3.32. The summed E-state index contributed by atoms with van der Waals surface area (Å²) in [6.45, 7) is 3.22. The Kier molecular flexibility index (Phi) is 4.97. The van der Waals surface area contributed by atoms with Crippen LogP contribution < -0.4 is 5.73 Å². The van der Waals surface area contributed by atoms with Gasteiger partial charge in [-0.2, -0.15) is 4.31 Å². The van der Waals surface area contributed by atoms with Crippen LogP contribution in [0.1, 0.15) is 18.2 Å². The number of hydrogen-bond acceptors (Lipinski definition) is 5. The summed E-state index contributed by atoms with van der Waals surface area (Å²) in [5.74, 6) is -0.0267. The van der Waals surface area contributed by atoms with Crippen LogP contribution >= 0.6 is 23.6 Å². The number of hydrogen-bond donors (Lipinski definition) is 1. The van der Waals surface area contributed by atoms with E-state index in [0.29, 0.717) is 37.5 Å². The maximum absolute atomic E-state index is 12.6. The summed E-state index contributed by atoms with van der Waals surface area (Å²) in [5, 5.41) is 0. The molecule has 1 aromatic heterocycles. The zero-order chi connectivity index (χ0) is 15.6. The van der Waals surface area contributed by atoms with E-state index in [9.17, 15) is 13.2 Å². The van der Waals surface area contributed by atoms with E-state index >= 15 is 0 Å². The van der Waals surface area contributed by atoms with Crippen LogP contribution in [0.2, 0.25) is 0 Å². The number of rotatable bonds is 3. The summed E-state index contributed by atoms with van der Waals surface area (Å²) in [7, 11) is -3.55. The number of amides is 1. The number of thiocarbonyl (C=S) groups is 1. The Balaban J connectivity index is 2.19. The highest BCUT2D eigenvalue weighted by atomic mass is 32.2. The minimum absolute atomic E-state index is 0.0267. The van der Waals surface area contributed by atoms with Gasteiger partial charge in [0.1, 0.15) is 9.20 Å². The van der Waals surface area contributed by atoms with E-state index in [4.69, 9.17) is 18.0 Å². The highest BCUT2D eigenvalue weighted by molar-refractivity contribution is 7.91. The van der Waals surface area contributed by atoms with Crippen molar-refractivity contribution < 1.29 is 13.2 Å². The van der Waals surface area contributed by atoms with E-state index < -0.39 is 10.0 Å². The summed E-state index contributed by atoms with van der Waals surface area (Å²) in [4.78, 5) is 13.8. The largest absolute Gasteiger partial charge is 0.389 e. The monoisotopic (exact) mass is 347 g/mol. The van der Waals surface area contributed by atoms with Crippen LogP contribution in [0.5, 0.6) is 0 Å². The predicted molar refractivity (Wildman–Crippen MR) is 85.8 cm³/mol. The first-order valence-electron chi connectivity index (χ1n) is 6.47. The highest BCUT2D eigenvalue weighted by Crippen LogP contribution is 2.25. The maximum Gasteiger partial charge on any atom is 0.252 e. The van der Waals surface area contributed by atoms with Crippen molar-refractivity contribution in [1.82, 2.24) is 9.21 Å². The van der Waals surface area contributed by atoms with Crippen LogP contribution in [0.4, 0.5) is 0 Å². The van der Waals surface area contributed by atoms with Crippen LogP contribution in [-0.2, 0) is 14.8 Å². The Hall–Kier alpha value is -1.03. The molecule has 21 heavy (non-hydrogen) atoms. The van der Waals surface area contributed by atoms with Crippen molar-refractivity contribution in [3.05, 3.63) is 17.0 Å². The second kappa shape index (κ2) is 6.39. The molecule has 1 amide bonds. The fourth-order valence-corrected chi connectivity index (χ4v) is 5.14.